The first-order valence-corrected chi connectivity index (χ1v) is 8.67. The smallest absolute Gasteiger partial charge is 0.228 e. The minimum Gasteiger partial charge on any atom is -0.326 e. The van der Waals surface area contributed by atoms with Crippen molar-refractivity contribution in [2.45, 2.75) is 13.3 Å². The highest BCUT2D eigenvalue weighted by Crippen LogP contribution is 2.23. The van der Waals surface area contributed by atoms with Gasteiger partial charge in [-0.1, -0.05) is 30.3 Å². The van der Waals surface area contributed by atoms with E-state index in [1.165, 1.54) is 12.1 Å². The highest BCUT2D eigenvalue weighted by molar-refractivity contribution is 5.92. The average molecular weight is 359 g/mol. The number of amides is 1. The van der Waals surface area contributed by atoms with Gasteiger partial charge in [0.25, 0.3) is 0 Å². The quantitative estimate of drug-likeness (QED) is 0.577. The van der Waals surface area contributed by atoms with Crippen molar-refractivity contribution in [3.63, 3.8) is 0 Å². The molecule has 2 aromatic carbocycles. The molecule has 0 aliphatic carbocycles. The Kier molecular flexibility index (Phi) is 4.42. The normalized spacial score (nSPS) is 10.9. The first-order chi connectivity index (χ1) is 13.1. The first-order valence-electron chi connectivity index (χ1n) is 8.67. The number of imidazole rings is 1. The largest absolute Gasteiger partial charge is 0.326 e. The predicted molar refractivity (Wildman–Crippen MR) is 104 cm³/mol. The summed E-state index contributed by atoms with van der Waals surface area (Å²) in [4.78, 5) is 17.0. The summed E-state index contributed by atoms with van der Waals surface area (Å²) in [5.41, 5.74) is 5.26. The fraction of sp³-hybridized carbons (Fsp3) is 0.0909. The van der Waals surface area contributed by atoms with Gasteiger partial charge in [-0.25, -0.2) is 9.37 Å². The van der Waals surface area contributed by atoms with Gasteiger partial charge in [0.1, 0.15) is 11.5 Å². The van der Waals surface area contributed by atoms with Crippen LogP contribution in [0.2, 0.25) is 0 Å². The van der Waals surface area contributed by atoms with Crippen LogP contribution in [0, 0.1) is 12.7 Å². The number of rotatable bonds is 4. The number of pyridine rings is 1. The maximum absolute atomic E-state index is 13.0. The van der Waals surface area contributed by atoms with Crippen LogP contribution in [0.3, 0.4) is 0 Å². The summed E-state index contributed by atoms with van der Waals surface area (Å²) in [5, 5.41) is 2.89. The first kappa shape index (κ1) is 17.0. The van der Waals surface area contributed by atoms with Crippen molar-refractivity contribution in [1.29, 1.82) is 0 Å². The van der Waals surface area contributed by atoms with Crippen LogP contribution in [0.5, 0.6) is 0 Å². The lowest BCUT2D eigenvalue weighted by molar-refractivity contribution is -0.115. The zero-order valence-electron chi connectivity index (χ0n) is 14.8. The van der Waals surface area contributed by atoms with Crippen molar-refractivity contribution >= 4 is 17.2 Å². The van der Waals surface area contributed by atoms with Gasteiger partial charge >= 0.3 is 0 Å². The number of nitrogens with zero attached hydrogens (tertiary/aromatic N) is 2. The minimum absolute atomic E-state index is 0.149. The van der Waals surface area contributed by atoms with Crippen molar-refractivity contribution in [1.82, 2.24) is 9.38 Å². The lowest BCUT2D eigenvalue weighted by Gasteiger charge is -2.07. The van der Waals surface area contributed by atoms with Gasteiger partial charge in [0.15, 0.2) is 0 Å². The van der Waals surface area contributed by atoms with Crippen molar-refractivity contribution < 1.29 is 9.18 Å². The molecule has 0 radical (unpaired) electrons. The molecular weight excluding hydrogens is 341 g/mol. The summed E-state index contributed by atoms with van der Waals surface area (Å²) in [6.45, 7) is 2.03. The zero-order chi connectivity index (χ0) is 18.8. The Bertz CT molecular complexity index is 1120. The van der Waals surface area contributed by atoms with Crippen LogP contribution in [0.4, 0.5) is 10.1 Å². The Morgan fingerprint density at radius 2 is 1.93 bits per heavy atom. The number of nitrogens with one attached hydrogen (secondary N) is 1. The van der Waals surface area contributed by atoms with Crippen LogP contribution in [0.1, 0.15) is 11.1 Å². The Hall–Kier alpha value is -3.47. The van der Waals surface area contributed by atoms with E-state index in [2.05, 4.69) is 5.32 Å². The molecule has 0 spiro atoms. The van der Waals surface area contributed by atoms with E-state index in [0.29, 0.717) is 5.69 Å². The van der Waals surface area contributed by atoms with Crippen LogP contribution in [-0.2, 0) is 11.2 Å². The van der Waals surface area contributed by atoms with E-state index in [1.807, 2.05) is 60.1 Å². The molecule has 4 rings (SSSR count). The molecule has 4 nitrogen and oxygen atoms in total. The van der Waals surface area contributed by atoms with Crippen molar-refractivity contribution in [3.05, 3.63) is 90.0 Å². The minimum atomic E-state index is -0.311. The maximum Gasteiger partial charge on any atom is 0.228 e. The number of hydrogen-bond donors (Lipinski definition) is 1. The van der Waals surface area contributed by atoms with E-state index in [9.17, 15) is 9.18 Å². The topological polar surface area (TPSA) is 46.4 Å². The maximum atomic E-state index is 13.0. The van der Waals surface area contributed by atoms with Crippen LogP contribution < -0.4 is 5.32 Å². The highest BCUT2D eigenvalue weighted by atomic mass is 19.1. The summed E-state index contributed by atoms with van der Waals surface area (Å²) in [6, 6.07) is 17.6. The Morgan fingerprint density at radius 3 is 2.70 bits per heavy atom. The molecule has 0 fully saturated rings. The van der Waals surface area contributed by atoms with E-state index in [4.69, 9.17) is 4.98 Å². The van der Waals surface area contributed by atoms with E-state index in [0.717, 1.165) is 28.0 Å². The number of carbonyl (C=O) groups is 1. The summed E-state index contributed by atoms with van der Waals surface area (Å²) in [6.07, 6.45) is 4.13. The van der Waals surface area contributed by atoms with Gasteiger partial charge in [0.2, 0.25) is 5.91 Å². The molecule has 0 bridgehead atoms. The third kappa shape index (κ3) is 3.72. The summed E-state index contributed by atoms with van der Waals surface area (Å²) in [5.74, 6) is -0.459. The fourth-order valence-electron chi connectivity index (χ4n) is 3.04. The number of aromatic nitrogens is 2. The number of halogens is 1. The van der Waals surface area contributed by atoms with Gasteiger partial charge in [0.05, 0.1) is 12.1 Å². The molecule has 5 heteroatoms. The monoisotopic (exact) mass is 359 g/mol. The molecule has 0 aliphatic rings. The predicted octanol–water partition coefficient (Wildman–Crippen LogP) is 4.63. The number of fused-ring (bicyclic) bond motifs is 1. The van der Waals surface area contributed by atoms with Gasteiger partial charge in [-0.05, 0) is 48.4 Å². The van der Waals surface area contributed by atoms with Crippen LogP contribution in [-0.4, -0.2) is 15.3 Å². The fourth-order valence-corrected chi connectivity index (χ4v) is 3.04. The molecule has 1 amide bonds. The molecule has 2 aromatic heterocycles. The highest BCUT2D eigenvalue weighted by Gasteiger charge is 2.09. The zero-order valence-corrected chi connectivity index (χ0v) is 14.8. The number of hydrogen-bond acceptors (Lipinski definition) is 2. The van der Waals surface area contributed by atoms with Gasteiger partial charge in [-0.2, -0.15) is 0 Å². The molecule has 0 atom stereocenters. The molecule has 0 aliphatic heterocycles. The van der Waals surface area contributed by atoms with Gasteiger partial charge in [-0.3, -0.25) is 4.79 Å². The molecular formula is C22H18FN3O. The second kappa shape index (κ2) is 7.03. The number of benzene rings is 2. The summed E-state index contributed by atoms with van der Waals surface area (Å²) >= 11 is 0. The Labute approximate surface area is 156 Å². The molecule has 27 heavy (non-hydrogen) atoms. The lowest BCUT2D eigenvalue weighted by atomic mass is 10.1. The molecule has 0 saturated heterocycles. The molecule has 4 aromatic rings. The van der Waals surface area contributed by atoms with E-state index >= 15 is 0 Å². The third-order valence-electron chi connectivity index (χ3n) is 4.40. The average Bonchev–Trinajstić information content (AvgIpc) is 3.10. The Morgan fingerprint density at radius 1 is 1.11 bits per heavy atom. The second-order valence-electron chi connectivity index (χ2n) is 6.48. The number of carbonyl (C=O) groups excluding carboxylic acids is 1. The Balaban J connectivity index is 1.54. The number of anilines is 1. The van der Waals surface area contributed by atoms with Gasteiger partial charge < -0.3 is 9.72 Å². The van der Waals surface area contributed by atoms with E-state index < -0.39 is 0 Å². The molecule has 0 saturated carbocycles. The molecule has 134 valence electrons. The SMILES string of the molecule is Cc1cccn2cc(-c3cccc(NC(=O)Cc4ccc(F)cc4)c3)nc12. The number of aryl methyl sites for hydroxylation is 1. The van der Waals surface area contributed by atoms with Gasteiger partial charge in [0, 0.05) is 23.6 Å². The van der Waals surface area contributed by atoms with Gasteiger partial charge in [-0.15, -0.1) is 0 Å². The van der Waals surface area contributed by atoms with Crippen molar-refractivity contribution in [2.24, 2.45) is 0 Å². The second-order valence-corrected chi connectivity index (χ2v) is 6.48. The van der Waals surface area contributed by atoms with Crippen LogP contribution in [0.15, 0.2) is 73.1 Å². The van der Waals surface area contributed by atoms with E-state index in [1.54, 1.807) is 12.1 Å². The molecule has 2 heterocycles. The summed E-state index contributed by atoms with van der Waals surface area (Å²) in [7, 11) is 0. The lowest BCUT2D eigenvalue weighted by Crippen LogP contribution is -2.14. The molecule has 1 N–H and O–H groups in total. The van der Waals surface area contributed by atoms with Crippen molar-refractivity contribution in [2.75, 3.05) is 5.32 Å². The van der Waals surface area contributed by atoms with Crippen LogP contribution >= 0.6 is 0 Å². The molecule has 0 unspecified atom stereocenters. The van der Waals surface area contributed by atoms with Crippen LogP contribution in [0.25, 0.3) is 16.9 Å². The summed E-state index contributed by atoms with van der Waals surface area (Å²) < 4.78 is 15.0. The van der Waals surface area contributed by atoms with Crippen molar-refractivity contribution in [3.8, 4) is 11.3 Å². The van der Waals surface area contributed by atoms with E-state index in [-0.39, 0.29) is 18.1 Å². The standard InChI is InChI=1S/C22H18FN3O/c1-15-4-3-11-26-14-20(25-22(15)26)17-5-2-6-19(13-17)24-21(27)12-16-7-9-18(23)10-8-16/h2-11,13-14H,12H2,1H3,(H,24,27). The third-order valence-corrected chi connectivity index (χ3v) is 4.40.